The molecular weight excluding hydrogens is 276 g/mol. The zero-order valence-electron chi connectivity index (χ0n) is 15.4. The van der Waals surface area contributed by atoms with E-state index in [0.29, 0.717) is 24.7 Å². The molecule has 0 rings (SSSR count). The lowest BCUT2D eigenvalue weighted by atomic mass is 10.1. The molecule has 0 heterocycles. The molecule has 0 atom stereocenters. The maximum atomic E-state index is 12.0. The molecule has 0 N–H and O–H groups in total. The second kappa shape index (κ2) is 12.6. The SMILES string of the molecule is CCC(=O)CCCCCCCC(=O)N(C)CCN(C)C(C)C. The summed E-state index contributed by atoms with van der Waals surface area (Å²) in [5, 5.41) is 0. The van der Waals surface area contributed by atoms with Gasteiger partial charge < -0.3 is 9.80 Å². The molecule has 0 saturated heterocycles. The maximum Gasteiger partial charge on any atom is 0.222 e. The molecule has 0 aliphatic carbocycles. The van der Waals surface area contributed by atoms with Crippen LogP contribution < -0.4 is 0 Å². The standard InChI is InChI=1S/C18H36N2O2/c1-6-17(21)12-10-8-7-9-11-13-18(22)20(5)15-14-19(4)16(2)3/h16H,6-15H2,1-5H3. The Labute approximate surface area is 137 Å². The van der Waals surface area contributed by atoms with Gasteiger partial charge in [0, 0.05) is 45.4 Å². The molecule has 0 saturated carbocycles. The van der Waals surface area contributed by atoms with Crippen LogP contribution in [-0.2, 0) is 9.59 Å². The van der Waals surface area contributed by atoms with Crippen LogP contribution in [0.5, 0.6) is 0 Å². The first-order valence-corrected chi connectivity index (χ1v) is 8.84. The van der Waals surface area contributed by atoms with Gasteiger partial charge in [0.25, 0.3) is 0 Å². The number of carbonyl (C=O) groups is 2. The highest BCUT2D eigenvalue weighted by atomic mass is 16.2. The molecule has 1 amide bonds. The van der Waals surface area contributed by atoms with Gasteiger partial charge in [0.05, 0.1) is 0 Å². The van der Waals surface area contributed by atoms with E-state index in [9.17, 15) is 9.59 Å². The van der Waals surface area contributed by atoms with Gasteiger partial charge in [-0.05, 0) is 33.7 Å². The van der Waals surface area contributed by atoms with Gasteiger partial charge in [-0.2, -0.15) is 0 Å². The van der Waals surface area contributed by atoms with Gasteiger partial charge in [-0.25, -0.2) is 0 Å². The van der Waals surface area contributed by atoms with E-state index < -0.39 is 0 Å². The number of unbranched alkanes of at least 4 members (excludes halogenated alkanes) is 4. The summed E-state index contributed by atoms with van der Waals surface area (Å²) in [4.78, 5) is 27.3. The number of amides is 1. The third-order valence-corrected chi connectivity index (χ3v) is 4.34. The Bertz CT molecular complexity index is 316. The molecule has 0 spiro atoms. The first kappa shape index (κ1) is 21.1. The fraction of sp³-hybridized carbons (Fsp3) is 0.889. The van der Waals surface area contributed by atoms with Crippen molar-refractivity contribution in [3.63, 3.8) is 0 Å². The fourth-order valence-electron chi connectivity index (χ4n) is 2.19. The van der Waals surface area contributed by atoms with E-state index in [0.717, 1.165) is 51.6 Å². The molecular formula is C18H36N2O2. The molecule has 0 radical (unpaired) electrons. The van der Waals surface area contributed by atoms with E-state index in [2.05, 4.69) is 25.8 Å². The summed E-state index contributed by atoms with van der Waals surface area (Å²) in [5.41, 5.74) is 0. The molecule has 0 aliphatic heterocycles. The van der Waals surface area contributed by atoms with Gasteiger partial charge in [0.2, 0.25) is 5.91 Å². The Hall–Kier alpha value is -0.900. The number of ketones is 1. The van der Waals surface area contributed by atoms with Crippen LogP contribution in [0.1, 0.15) is 72.1 Å². The smallest absolute Gasteiger partial charge is 0.222 e. The van der Waals surface area contributed by atoms with Crippen LogP contribution in [0.25, 0.3) is 0 Å². The first-order chi connectivity index (χ1) is 10.4. The molecule has 4 nitrogen and oxygen atoms in total. The minimum atomic E-state index is 0.248. The topological polar surface area (TPSA) is 40.6 Å². The minimum absolute atomic E-state index is 0.248. The monoisotopic (exact) mass is 312 g/mol. The lowest BCUT2D eigenvalue weighted by Gasteiger charge is -2.24. The zero-order chi connectivity index (χ0) is 17.0. The maximum absolute atomic E-state index is 12.0. The quantitative estimate of drug-likeness (QED) is 0.489. The predicted octanol–water partition coefficient (Wildman–Crippen LogP) is 3.49. The molecule has 0 bridgehead atoms. The largest absolute Gasteiger partial charge is 0.344 e. The number of hydrogen-bond acceptors (Lipinski definition) is 3. The molecule has 0 fully saturated rings. The lowest BCUT2D eigenvalue weighted by Crippen LogP contribution is -2.37. The van der Waals surface area contributed by atoms with Crippen LogP contribution in [0.3, 0.4) is 0 Å². The Balaban J connectivity index is 3.58. The summed E-state index contributed by atoms with van der Waals surface area (Å²) in [6, 6.07) is 0.517. The van der Waals surface area contributed by atoms with Gasteiger partial charge in [-0.15, -0.1) is 0 Å². The van der Waals surface area contributed by atoms with E-state index >= 15 is 0 Å². The van der Waals surface area contributed by atoms with E-state index in [4.69, 9.17) is 0 Å². The van der Waals surface area contributed by atoms with E-state index in [1.165, 1.54) is 0 Å². The number of carbonyl (C=O) groups excluding carboxylic acids is 2. The summed E-state index contributed by atoms with van der Waals surface area (Å²) >= 11 is 0. The molecule has 0 unspecified atom stereocenters. The summed E-state index contributed by atoms with van der Waals surface area (Å²) in [6.45, 7) is 7.97. The third-order valence-electron chi connectivity index (χ3n) is 4.34. The Morgan fingerprint density at radius 1 is 0.864 bits per heavy atom. The molecule has 0 aromatic carbocycles. The minimum Gasteiger partial charge on any atom is -0.344 e. The van der Waals surface area contributed by atoms with Gasteiger partial charge in [0.1, 0.15) is 5.78 Å². The van der Waals surface area contributed by atoms with Crippen LogP contribution in [-0.4, -0.2) is 54.7 Å². The van der Waals surface area contributed by atoms with E-state index in [1.54, 1.807) is 0 Å². The summed E-state index contributed by atoms with van der Waals surface area (Å²) in [5.74, 6) is 0.612. The van der Waals surface area contributed by atoms with Crippen molar-refractivity contribution in [3.8, 4) is 0 Å². The van der Waals surface area contributed by atoms with Crippen LogP contribution in [0.15, 0.2) is 0 Å². The highest BCUT2D eigenvalue weighted by Crippen LogP contribution is 2.09. The van der Waals surface area contributed by atoms with Gasteiger partial charge in [-0.1, -0.05) is 26.2 Å². The second-order valence-corrected chi connectivity index (χ2v) is 6.55. The van der Waals surface area contributed by atoms with Crippen molar-refractivity contribution in [2.75, 3.05) is 27.2 Å². The summed E-state index contributed by atoms with van der Waals surface area (Å²) in [6.07, 6.45) is 7.32. The number of Topliss-reactive ketones (excluding diaryl/α,β-unsaturated/α-hetero) is 1. The highest BCUT2D eigenvalue weighted by molar-refractivity contribution is 5.77. The Morgan fingerprint density at radius 3 is 1.95 bits per heavy atom. The summed E-state index contributed by atoms with van der Waals surface area (Å²) < 4.78 is 0. The van der Waals surface area contributed by atoms with Crippen molar-refractivity contribution in [2.24, 2.45) is 0 Å². The Morgan fingerprint density at radius 2 is 1.41 bits per heavy atom. The van der Waals surface area contributed by atoms with Gasteiger partial charge in [0.15, 0.2) is 0 Å². The molecule has 0 aromatic heterocycles. The van der Waals surface area contributed by atoms with Crippen molar-refractivity contribution in [1.29, 1.82) is 0 Å². The average molecular weight is 312 g/mol. The number of likely N-dealkylation sites (N-methyl/N-ethyl adjacent to an activating group) is 2. The molecule has 0 aliphatic rings. The van der Waals surface area contributed by atoms with Crippen LogP contribution >= 0.6 is 0 Å². The van der Waals surface area contributed by atoms with Crippen LogP contribution in [0, 0.1) is 0 Å². The highest BCUT2D eigenvalue weighted by Gasteiger charge is 2.10. The average Bonchev–Trinajstić information content (AvgIpc) is 2.50. The van der Waals surface area contributed by atoms with Crippen molar-refractivity contribution in [1.82, 2.24) is 9.80 Å². The number of hydrogen-bond donors (Lipinski definition) is 0. The lowest BCUT2D eigenvalue weighted by molar-refractivity contribution is -0.130. The van der Waals surface area contributed by atoms with Gasteiger partial charge >= 0.3 is 0 Å². The fourth-order valence-corrected chi connectivity index (χ4v) is 2.19. The normalized spacial score (nSPS) is 11.2. The van der Waals surface area contributed by atoms with Crippen molar-refractivity contribution in [2.45, 2.75) is 78.2 Å². The number of rotatable bonds is 13. The van der Waals surface area contributed by atoms with E-state index in [1.807, 2.05) is 18.9 Å². The molecule has 130 valence electrons. The summed E-state index contributed by atoms with van der Waals surface area (Å²) in [7, 11) is 3.99. The van der Waals surface area contributed by atoms with Crippen molar-refractivity contribution >= 4 is 11.7 Å². The zero-order valence-corrected chi connectivity index (χ0v) is 15.4. The number of nitrogens with zero attached hydrogens (tertiary/aromatic N) is 2. The van der Waals surface area contributed by atoms with Crippen molar-refractivity contribution < 1.29 is 9.59 Å². The Kier molecular flexibility index (Phi) is 12.1. The second-order valence-electron chi connectivity index (χ2n) is 6.55. The molecule has 22 heavy (non-hydrogen) atoms. The van der Waals surface area contributed by atoms with Crippen molar-refractivity contribution in [3.05, 3.63) is 0 Å². The molecule has 0 aromatic rings. The first-order valence-electron chi connectivity index (χ1n) is 8.84. The predicted molar refractivity (Wildman–Crippen MR) is 93.0 cm³/mol. The van der Waals surface area contributed by atoms with Gasteiger partial charge in [-0.3, -0.25) is 9.59 Å². The third kappa shape index (κ3) is 10.8. The van der Waals surface area contributed by atoms with Crippen LogP contribution in [0.4, 0.5) is 0 Å². The molecule has 4 heteroatoms. The van der Waals surface area contributed by atoms with E-state index in [-0.39, 0.29) is 5.91 Å². The van der Waals surface area contributed by atoms with Crippen LogP contribution in [0.2, 0.25) is 0 Å².